The lowest BCUT2D eigenvalue weighted by Crippen LogP contribution is -2.48. The molecular weight excluding hydrogens is 368 g/mol. The summed E-state index contributed by atoms with van der Waals surface area (Å²) in [5, 5.41) is 0.410. The van der Waals surface area contributed by atoms with E-state index in [2.05, 4.69) is 35.0 Å². The van der Waals surface area contributed by atoms with Crippen molar-refractivity contribution in [2.75, 3.05) is 31.1 Å². The summed E-state index contributed by atoms with van der Waals surface area (Å²) in [6.45, 7) is 6.90. The van der Waals surface area contributed by atoms with Gasteiger partial charge in [-0.25, -0.2) is 4.79 Å². The maximum atomic E-state index is 13.0. The fourth-order valence-electron chi connectivity index (χ4n) is 3.85. The standard InChI is InChI=1S/C22H24N4O3/c1-3-26-21(28)18-8-7-16(14-19(18)23-22(26)29)20(27)25-11-9-24(10-12-25)17-6-4-5-15(2)13-17/h4-8,13-14H,3,9-12H2,1-2H3,(H,23,29). The fourth-order valence-corrected chi connectivity index (χ4v) is 3.85. The smallest absolute Gasteiger partial charge is 0.328 e. The molecule has 7 nitrogen and oxygen atoms in total. The second kappa shape index (κ2) is 7.58. The molecule has 1 N–H and O–H groups in total. The van der Waals surface area contributed by atoms with Gasteiger partial charge in [0.05, 0.1) is 10.9 Å². The molecule has 150 valence electrons. The highest BCUT2D eigenvalue weighted by Gasteiger charge is 2.23. The van der Waals surface area contributed by atoms with Crippen molar-refractivity contribution in [1.82, 2.24) is 14.5 Å². The molecule has 2 heterocycles. The number of H-pyrrole nitrogens is 1. The van der Waals surface area contributed by atoms with Gasteiger partial charge >= 0.3 is 5.69 Å². The van der Waals surface area contributed by atoms with Crippen molar-refractivity contribution >= 4 is 22.5 Å². The normalized spacial score (nSPS) is 14.4. The van der Waals surface area contributed by atoms with Gasteiger partial charge in [-0.15, -0.1) is 0 Å². The second-order valence-electron chi connectivity index (χ2n) is 7.36. The molecule has 1 aliphatic heterocycles. The fraction of sp³-hybridized carbons (Fsp3) is 0.318. The van der Waals surface area contributed by atoms with Gasteiger partial charge in [-0.3, -0.25) is 14.2 Å². The van der Waals surface area contributed by atoms with E-state index in [0.29, 0.717) is 36.1 Å². The number of carbonyl (C=O) groups is 1. The summed E-state index contributed by atoms with van der Waals surface area (Å²) in [6, 6.07) is 13.3. The Morgan fingerprint density at radius 2 is 1.79 bits per heavy atom. The van der Waals surface area contributed by atoms with E-state index in [1.807, 2.05) is 11.0 Å². The number of benzene rings is 2. The Bertz CT molecular complexity index is 1190. The number of aromatic nitrogens is 2. The Morgan fingerprint density at radius 1 is 1.03 bits per heavy atom. The van der Waals surface area contributed by atoms with E-state index in [1.54, 1.807) is 25.1 Å². The zero-order valence-corrected chi connectivity index (χ0v) is 16.6. The minimum atomic E-state index is -0.457. The molecule has 1 aromatic heterocycles. The summed E-state index contributed by atoms with van der Waals surface area (Å²) in [6.07, 6.45) is 0. The molecule has 2 aromatic carbocycles. The minimum absolute atomic E-state index is 0.0867. The lowest BCUT2D eigenvalue weighted by Gasteiger charge is -2.36. The van der Waals surface area contributed by atoms with Gasteiger partial charge in [-0.2, -0.15) is 0 Å². The first-order valence-electron chi connectivity index (χ1n) is 9.85. The number of carbonyl (C=O) groups excluding carboxylic acids is 1. The quantitative estimate of drug-likeness (QED) is 0.739. The van der Waals surface area contributed by atoms with Crippen LogP contribution in [-0.2, 0) is 6.54 Å². The average Bonchev–Trinajstić information content (AvgIpc) is 2.73. The highest BCUT2D eigenvalue weighted by atomic mass is 16.2. The maximum Gasteiger partial charge on any atom is 0.328 e. The molecule has 29 heavy (non-hydrogen) atoms. The van der Waals surface area contributed by atoms with Crippen LogP contribution in [0.15, 0.2) is 52.1 Å². The molecule has 1 saturated heterocycles. The van der Waals surface area contributed by atoms with Crippen LogP contribution in [0.25, 0.3) is 10.9 Å². The first-order chi connectivity index (χ1) is 14.0. The van der Waals surface area contributed by atoms with Gasteiger partial charge in [0, 0.05) is 44.0 Å². The number of nitrogens with zero attached hydrogens (tertiary/aromatic N) is 3. The Balaban J connectivity index is 1.54. The number of aromatic amines is 1. The van der Waals surface area contributed by atoms with Crippen LogP contribution in [0.1, 0.15) is 22.8 Å². The number of aryl methyl sites for hydroxylation is 1. The molecule has 1 fully saturated rings. The molecule has 0 aliphatic carbocycles. The summed E-state index contributed by atoms with van der Waals surface area (Å²) < 4.78 is 1.15. The molecule has 1 aliphatic rings. The zero-order valence-electron chi connectivity index (χ0n) is 16.6. The summed E-state index contributed by atoms with van der Waals surface area (Å²) >= 11 is 0. The number of hydrogen-bond donors (Lipinski definition) is 1. The predicted molar refractivity (Wildman–Crippen MR) is 114 cm³/mol. The first kappa shape index (κ1) is 19.0. The van der Waals surface area contributed by atoms with Crippen LogP contribution in [-0.4, -0.2) is 46.5 Å². The summed E-state index contributed by atoms with van der Waals surface area (Å²) in [5.74, 6) is -0.0867. The van der Waals surface area contributed by atoms with Crippen LogP contribution < -0.4 is 16.1 Å². The number of fused-ring (bicyclic) bond motifs is 1. The number of nitrogens with one attached hydrogen (secondary N) is 1. The second-order valence-corrected chi connectivity index (χ2v) is 7.36. The van der Waals surface area contributed by atoms with Crippen molar-refractivity contribution < 1.29 is 4.79 Å². The van der Waals surface area contributed by atoms with Crippen molar-refractivity contribution in [2.45, 2.75) is 20.4 Å². The number of anilines is 1. The summed E-state index contributed by atoms with van der Waals surface area (Å²) in [7, 11) is 0. The van der Waals surface area contributed by atoms with Crippen LogP contribution in [0.2, 0.25) is 0 Å². The highest BCUT2D eigenvalue weighted by Crippen LogP contribution is 2.19. The molecular formula is C22H24N4O3. The van der Waals surface area contributed by atoms with Crippen LogP contribution >= 0.6 is 0 Å². The Labute approximate surface area is 168 Å². The SMILES string of the molecule is CCn1c(=O)[nH]c2cc(C(=O)N3CCN(c4cccc(C)c4)CC3)ccc2c1=O. The largest absolute Gasteiger partial charge is 0.368 e. The number of hydrogen-bond acceptors (Lipinski definition) is 4. The van der Waals surface area contributed by atoms with Crippen molar-refractivity contribution in [3.63, 3.8) is 0 Å². The third kappa shape index (κ3) is 3.55. The maximum absolute atomic E-state index is 13.0. The summed E-state index contributed by atoms with van der Waals surface area (Å²) in [5.41, 5.74) is 2.47. The lowest BCUT2D eigenvalue weighted by molar-refractivity contribution is 0.0747. The van der Waals surface area contributed by atoms with E-state index in [4.69, 9.17) is 0 Å². The van der Waals surface area contributed by atoms with Gasteiger partial charge in [0.2, 0.25) is 0 Å². The van der Waals surface area contributed by atoms with E-state index in [0.717, 1.165) is 17.7 Å². The van der Waals surface area contributed by atoms with Gasteiger partial charge in [-0.05, 0) is 49.7 Å². The molecule has 0 radical (unpaired) electrons. The summed E-state index contributed by atoms with van der Waals surface area (Å²) in [4.78, 5) is 44.2. The molecule has 0 atom stereocenters. The third-order valence-corrected chi connectivity index (χ3v) is 5.48. The van der Waals surface area contributed by atoms with E-state index in [-0.39, 0.29) is 11.5 Å². The Hall–Kier alpha value is -3.35. The van der Waals surface area contributed by atoms with E-state index >= 15 is 0 Å². The number of rotatable bonds is 3. The van der Waals surface area contributed by atoms with Crippen molar-refractivity contribution in [3.8, 4) is 0 Å². The number of piperazine rings is 1. The van der Waals surface area contributed by atoms with Crippen LogP contribution in [0, 0.1) is 6.92 Å². The Morgan fingerprint density at radius 3 is 2.48 bits per heavy atom. The first-order valence-corrected chi connectivity index (χ1v) is 9.85. The molecule has 1 amide bonds. The predicted octanol–water partition coefficient (Wildman–Crippen LogP) is 1.98. The van der Waals surface area contributed by atoms with E-state index in [9.17, 15) is 14.4 Å². The average molecular weight is 392 g/mol. The lowest BCUT2D eigenvalue weighted by atomic mass is 10.1. The van der Waals surface area contributed by atoms with Gasteiger partial charge in [0.1, 0.15) is 0 Å². The van der Waals surface area contributed by atoms with Crippen molar-refractivity contribution in [2.24, 2.45) is 0 Å². The van der Waals surface area contributed by atoms with Crippen LogP contribution in [0.3, 0.4) is 0 Å². The topological polar surface area (TPSA) is 78.4 Å². The third-order valence-electron chi connectivity index (χ3n) is 5.48. The van der Waals surface area contributed by atoms with Gasteiger partial charge in [-0.1, -0.05) is 12.1 Å². The van der Waals surface area contributed by atoms with E-state index < -0.39 is 5.69 Å². The van der Waals surface area contributed by atoms with Crippen LogP contribution in [0.5, 0.6) is 0 Å². The Kier molecular flexibility index (Phi) is 4.96. The van der Waals surface area contributed by atoms with Gasteiger partial charge < -0.3 is 14.8 Å². The molecule has 0 bridgehead atoms. The molecule has 0 saturated carbocycles. The van der Waals surface area contributed by atoms with Crippen LogP contribution in [0.4, 0.5) is 5.69 Å². The monoisotopic (exact) mass is 392 g/mol. The zero-order chi connectivity index (χ0) is 20.5. The molecule has 0 spiro atoms. The van der Waals surface area contributed by atoms with Crippen molar-refractivity contribution in [1.29, 1.82) is 0 Å². The van der Waals surface area contributed by atoms with E-state index in [1.165, 1.54) is 11.3 Å². The van der Waals surface area contributed by atoms with Crippen molar-refractivity contribution in [3.05, 3.63) is 74.4 Å². The van der Waals surface area contributed by atoms with Gasteiger partial charge in [0.25, 0.3) is 11.5 Å². The highest BCUT2D eigenvalue weighted by molar-refractivity contribution is 5.97. The molecule has 3 aromatic rings. The minimum Gasteiger partial charge on any atom is -0.368 e. The number of amides is 1. The molecule has 0 unspecified atom stereocenters. The van der Waals surface area contributed by atoms with Gasteiger partial charge in [0.15, 0.2) is 0 Å². The molecule has 4 rings (SSSR count). The molecule has 7 heteroatoms.